The van der Waals surface area contributed by atoms with E-state index < -0.39 is 6.10 Å². The average molecular weight is 229 g/mol. The molecule has 0 aliphatic rings. The Balaban J connectivity index is 3.31. The molecule has 0 fully saturated rings. The third-order valence-corrected chi connectivity index (χ3v) is 1.86. The fourth-order valence-electron chi connectivity index (χ4n) is 1.07. The van der Waals surface area contributed by atoms with E-state index in [1.807, 2.05) is 6.07 Å². The van der Waals surface area contributed by atoms with Crippen molar-refractivity contribution in [1.82, 2.24) is 10.6 Å². The minimum atomic E-state index is -0.501. The van der Waals surface area contributed by atoms with Crippen molar-refractivity contribution in [2.24, 2.45) is 0 Å². The van der Waals surface area contributed by atoms with Gasteiger partial charge in [0.15, 0.2) is 0 Å². The summed E-state index contributed by atoms with van der Waals surface area (Å²) in [5, 5.41) is 23.0. The molecule has 3 N–H and O–H groups in total. The van der Waals surface area contributed by atoms with Crippen LogP contribution < -0.4 is 10.6 Å². The standard InChI is InChI=1S/C10H19N3O3/c1-16-8-9(14)3-6-12-7-10(15)13-5-2-4-11/h9,12,14H,2-3,5-8H2,1H3,(H,13,15). The summed E-state index contributed by atoms with van der Waals surface area (Å²) in [5.74, 6) is -0.142. The second kappa shape index (κ2) is 10.4. The molecule has 6 nitrogen and oxygen atoms in total. The molecule has 0 spiro atoms. The number of rotatable bonds is 9. The number of aliphatic hydroxyl groups is 1. The fraction of sp³-hybridized carbons (Fsp3) is 0.800. The lowest BCUT2D eigenvalue weighted by atomic mass is 10.2. The van der Waals surface area contributed by atoms with Crippen LogP contribution in [0.3, 0.4) is 0 Å². The third-order valence-electron chi connectivity index (χ3n) is 1.86. The number of amides is 1. The van der Waals surface area contributed by atoms with E-state index >= 15 is 0 Å². The molecule has 16 heavy (non-hydrogen) atoms. The average Bonchev–Trinajstić information content (AvgIpc) is 2.25. The van der Waals surface area contributed by atoms with Gasteiger partial charge < -0.3 is 20.5 Å². The van der Waals surface area contributed by atoms with Crippen molar-refractivity contribution in [3.8, 4) is 6.07 Å². The molecule has 0 aliphatic heterocycles. The Kier molecular flexibility index (Phi) is 9.61. The summed E-state index contributed by atoms with van der Waals surface area (Å²) in [4.78, 5) is 11.1. The first-order chi connectivity index (χ1) is 7.70. The van der Waals surface area contributed by atoms with E-state index in [-0.39, 0.29) is 12.5 Å². The zero-order valence-corrected chi connectivity index (χ0v) is 9.53. The zero-order chi connectivity index (χ0) is 12.2. The maximum Gasteiger partial charge on any atom is 0.233 e. The van der Waals surface area contributed by atoms with E-state index in [4.69, 9.17) is 10.00 Å². The summed E-state index contributed by atoms with van der Waals surface area (Å²) in [7, 11) is 1.53. The Hall–Kier alpha value is -1.16. The van der Waals surface area contributed by atoms with Gasteiger partial charge in [-0.2, -0.15) is 5.26 Å². The smallest absolute Gasteiger partial charge is 0.233 e. The first-order valence-corrected chi connectivity index (χ1v) is 5.22. The SMILES string of the molecule is COCC(O)CCNCC(=O)NCCC#N. The lowest BCUT2D eigenvalue weighted by Gasteiger charge is -2.09. The van der Waals surface area contributed by atoms with Gasteiger partial charge in [0.1, 0.15) is 0 Å². The van der Waals surface area contributed by atoms with Gasteiger partial charge in [0.05, 0.1) is 31.7 Å². The van der Waals surface area contributed by atoms with E-state index in [9.17, 15) is 9.90 Å². The van der Waals surface area contributed by atoms with Gasteiger partial charge in [-0.25, -0.2) is 0 Å². The molecule has 6 heteroatoms. The first-order valence-electron chi connectivity index (χ1n) is 5.22. The molecular formula is C10H19N3O3. The van der Waals surface area contributed by atoms with Gasteiger partial charge in [0.2, 0.25) is 5.91 Å². The van der Waals surface area contributed by atoms with E-state index in [0.29, 0.717) is 32.5 Å². The number of nitrogens with one attached hydrogen (secondary N) is 2. The molecule has 0 aromatic carbocycles. The molecule has 1 atom stereocenters. The van der Waals surface area contributed by atoms with Crippen LogP contribution in [0.2, 0.25) is 0 Å². The van der Waals surface area contributed by atoms with Gasteiger partial charge in [0.25, 0.3) is 0 Å². The van der Waals surface area contributed by atoms with Crippen molar-refractivity contribution in [2.45, 2.75) is 18.9 Å². The molecule has 0 aliphatic carbocycles. The Labute approximate surface area is 95.6 Å². The molecule has 0 heterocycles. The number of hydrogen-bond acceptors (Lipinski definition) is 5. The number of carbonyl (C=O) groups is 1. The van der Waals surface area contributed by atoms with Crippen LogP contribution in [0.25, 0.3) is 0 Å². The first kappa shape index (κ1) is 14.8. The fourth-order valence-corrected chi connectivity index (χ4v) is 1.07. The van der Waals surface area contributed by atoms with Gasteiger partial charge in [-0.05, 0) is 13.0 Å². The predicted molar refractivity (Wildman–Crippen MR) is 58.6 cm³/mol. The van der Waals surface area contributed by atoms with Crippen molar-refractivity contribution < 1.29 is 14.6 Å². The summed E-state index contributed by atoms with van der Waals surface area (Å²) in [6.45, 7) is 1.43. The second-order valence-electron chi connectivity index (χ2n) is 3.33. The van der Waals surface area contributed by atoms with Gasteiger partial charge in [-0.15, -0.1) is 0 Å². The van der Waals surface area contributed by atoms with E-state index in [1.54, 1.807) is 0 Å². The number of methoxy groups -OCH3 is 1. The normalized spacial score (nSPS) is 11.8. The summed E-state index contributed by atoms with van der Waals surface area (Å²) < 4.78 is 4.76. The van der Waals surface area contributed by atoms with Crippen LogP contribution in [0.1, 0.15) is 12.8 Å². The summed E-state index contributed by atoms with van der Waals surface area (Å²) >= 11 is 0. The lowest BCUT2D eigenvalue weighted by molar-refractivity contribution is -0.120. The van der Waals surface area contributed by atoms with Crippen LogP contribution in [0, 0.1) is 11.3 Å². The molecule has 0 radical (unpaired) electrons. The van der Waals surface area contributed by atoms with Crippen molar-refractivity contribution in [3.63, 3.8) is 0 Å². The van der Waals surface area contributed by atoms with E-state index in [2.05, 4.69) is 10.6 Å². The molecule has 0 rings (SSSR count). The van der Waals surface area contributed by atoms with Crippen molar-refractivity contribution in [2.75, 3.05) is 33.4 Å². The lowest BCUT2D eigenvalue weighted by Crippen LogP contribution is -2.35. The van der Waals surface area contributed by atoms with Crippen molar-refractivity contribution in [3.05, 3.63) is 0 Å². The van der Waals surface area contributed by atoms with Crippen LogP contribution in [-0.4, -0.2) is 50.5 Å². The van der Waals surface area contributed by atoms with Crippen molar-refractivity contribution in [1.29, 1.82) is 5.26 Å². The molecule has 1 unspecified atom stereocenters. The quantitative estimate of drug-likeness (QED) is 0.441. The second-order valence-corrected chi connectivity index (χ2v) is 3.33. The monoisotopic (exact) mass is 229 g/mol. The van der Waals surface area contributed by atoms with Crippen LogP contribution in [0.5, 0.6) is 0 Å². The Morgan fingerprint density at radius 2 is 2.31 bits per heavy atom. The number of hydrogen-bond donors (Lipinski definition) is 3. The highest BCUT2D eigenvalue weighted by molar-refractivity contribution is 5.77. The van der Waals surface area contributed by atoms with Crippen LogP contribution in [0.15, 0.2) is 0 Å². The molecule has 0 aromatic heterocycles. The number of ether oxygens (including phenoxy) is 1. The Bertz CT molecular complexity index is 228. The number of carbonyl (C=O) groups excluding carboxylic acids is 1. The summed E-state index contributed by atoms with van der Waals surface area (Å²) in [5.41, 5.74) is 0. The van der Waals surface area contributed by atoms with Crippen LogP contribution >= 0.6 is 0 Å². The number of nitriles is 1. The molecule has 0 saturated carbocycles. The van der Waals surface area contributed by atoms with Crippen LogP contribution in [-0.2, 0) is 9.53 Å². The maximum absolute atomic E-state index is 11.1. The van der Waals surface area contributed by atoms with Gasteiger partial charge in [0, 0.05) is 13.7 Å². The molecule has 0 saturated heterocycles. The highest BCUT2D eigenvalue weighted by Gasteiger charge is 2.03. The van der Waals surface area contributed by atoms with Crippen LogP contribution in [0.4, 0.5) is 0 Å². The van der Waals surface area contributed by atoms with Gasteiger partial charge in [-0.3, -0.25) is 4.79 Å². The topological polar surface area (TPSA) is 94.4 Å². The molecule has 1 amide bonds. The van der Waals surface area contributed by atoms with Gasteiger partial charge >= 0.3 is 0 Å². The Morgan fingerprint density at radius 1 is 1.56 bits per heavy atom. The molecular weight excluding hydrogens is 210 g/mol. The molecule has 92 valence electrons. The third kappa shape index (κ3) is 9.40. The van der Waals surface area contributed by atoms with Crippen molar-refractivity contribution >= 4 is 5.91 Å². The highest BCUT2D eigenvalue weighted by Crippen LogP contribution is 1.89. The predicted octanol–water partition coefficient (Wildman–Crippen LogP) is -0.997. The van der Waals surface area contributed by atoms with E-state index in [1.165, 1.54) is 7.11 Å². The van der Waals surface area contributed by atoms with Gasteiger partial charge in [-0.1, -0.05) is 0 Å². The Morgan fingerprint density at radius 3 is 2.94 bits per heavy atom. The molecule has 0 bridgehead atoms. The minimum absolute atomic E-state index is 0.142. The van der Waals surface area contributed by atoms with E-state index in [0.717, 1.165) is 0 Å². The summed E-state index contributed by atoms with van der Waals surface area (Å²) in [6.07, 6.45) is 0.358. The number of nitrogens with zero attached hydrogens (tertiary/aromatic N) is 1. The summed E-state index contributed by atoms with van der Waals surface area (Å²) in [6, 6.07) is 1.94. The molecule has 0 aromatic rings. The number of aliphatic hydroxyl groups excluding tert-OH is 1. The maximum atomic E-state index is 11.1. The highest BCUT2D eigenvalue weighted by atomic mass is 16.5. The minimum Gasteiger partial charge on any atom is -0.391 e. The zero-order valence-electron chi connectivity index (χ0n) is 9.53. The largest absolute Gasteiger partial charge is 0.391 e.